The van der Waals surface area contributed by atoms with E-state index in [9.17, 15) is 9.90 Å². The van der Waals surface area contributed by atoms with Gasteiger partial charge < -0.3 is 19.6 Å². The molecule has 4 rings (SSSR count). The smallest absolute Gasteiger partial charge is 0.312 e. The molecule has 2 heterocycles. The second-order valence-electron chi connectivity index (χ2n) is 9.22. The molecule has 0 aliphatic carbocycles. The maximum Gasteiger partial charge on any atom is 0.312 e. The van der Waals surface area contributed by atoms with Crippen molar-refractivity contribution in [3.8, 4) is 45.4 Å². The summed E-state index contributed by atoms with van der Waals surface area (Å²) in [6.07, 6.45) is 3.60. The van der Waals surface area contributed by atoms with Gasteiger partial charge in [-0.3, -0.25) is 4.79 Å². The summed E-state index contributed by atoms with van der Waals surface area (Å²) < 4.78 is 10.9. The second-order valence-corrected chi connectivity index (χ2v) is 9.22. The van der Waals surface area contributed by atoms with Crippen LogP contribution in [-0.2, 0) is 4.79 Å². The van der Waals surface area contributed by atoms with E-state index in [0.717, 1.165) is 50.6 Å². The van der Waals surface area contributed by atoms with Crippen LogP contribution in [0.4, 0.5) is 0 Å². The molecular weight excluding hydrogens is 442 g/mol. The Morgan fingerprint density at radius 1 is 0.943 bits per heavy atom. The maximum atomic E-state index is 11.3. The lowest BCUT2D eigenvalue weighted by Crippen LogP contribution is -2.30. The molecule has 0 bridgehead atoms. The summed E-state index contributed by atoms with van der Waals surface area (Å²) in [5.74, 6) is 1.12. The Morgan fingerprint density at radius 3 is 2.26 bits per heavy atom. The minimum atomic E-state index is -0.986. The van der Waals surface area contributed by atoms with E-state index < -0.39 is 11.4 Å². The van der Waals surface area contributed by atoms with Gasteiger partial charge in [-0.2, -0.15) is 0 Å². The fourth-order valence-electron chi connectivity index (χ4n) is 3.70. The van der Waals surface area contributed by atoms with Gasteiger partial charge in [0.05, 0.1) is 24.4 Å². The van der Waals surface area contributed by atoms with Crippen molar-refractivity contribution < 1.29 is 19.4 Å². The molecule has 7 nitrogen and oxygen atoms in total. The molecule has 0 saturated heterocycles. The Labute approximate surface area is 204 Å². The van der Waals surface area contributed by atoms with Crippen molar-refractivity contribution in [1.82, 2.24) is 15.0 Å². The van der Waals surface area contributed by atoms with Gasteiger partial charge in [0.1, 0.15) is 18.2 Å². The van der Waals surface area contributed by atoms with Gasteiger partial charge >= 0.3 is 5.97 Å². The first kappa shape index (κ1) is 24.0. The Bertz CT molecular complexity index is 1360. The number of ether oxygens (including phenoxy) is 2. The normalized spacial score (nSPS) is 11.3. The molecule has 0 unspecified atom stereocenters. The molecule has 2 aromatic carbocycles. The van der Waals surface area contributed by atoms with Gasteiger partial charge in [0.15, 0.2) is 0 Å². The van der Waals surface area contributed by atoms with Crippen molar-refractivity contribution in [2.24, 2.45) is 5.41 Å². The molecule has 0 fully saturated rings. The first-order chi connectivity index (χ1) is 16.7. The number of imidazole rings is 1. The first-order valence-corrected chi connectivity index (χ1v) is 11.3. The lowest BCUT2D eigenvalue weighted by Gasteiger charge is -2.19. The van der Waals surface area contributed by atoms with E-state index in [4.69, 9.17) is 9.47 Å². The highest BCUT2D eigenvalue weighted by Gasteiger charge is 2.28. The van der Waals surface area contributed by atoms with E-state index in [-0.39, 0.29) is 6.61 Å². The third-order valence-electron chi connectivity index (χ3n) is 6.01. The number of carbonyl (C=O) groups is 1. The summed E-state index contributed by atoms with van der Waals surface area (Å²) in [5.41, 5.74) is 6.12. The largest absolute Gasteiger partial charge is 0.497 e. The molecule has 35 heavy (non-hydrogen) atoms. The van der Waals surface area contributed by atoms with Gasteiger partial charge in [-0.25, -0.2) is 9.97 Å². The van der Waals surface area contributed by atoms with Crippen molar-refractivity contribution in [1.29, 1.82) is 0 Å². The minimum absolute atomic E-state index is 0.0452. The lowest BCUT2D eigenvalue weighted by molar-refractivity contribution is -0.148. The minimum Gasteiger partial charge on any atom is -0.497 e. The van der Waals surface area contributed by atoms with Crippen LogP contribution in [-0.4, -0.2) is 39.7 Å². The number of methoxy groups -OCH3 is 1. The third kappa shape index (κ3) is 5.19. The molecule has 0 saturated carbocycles. The molecule has 0 aliphatic rings. The summed E-state index contributed by atoms with van der Waals surface area (Å²) >= 11 is 0. The van der Waals surface area contributed by atoms with Crippen LogP contribution >= 0.6 is 0 Å². The molecule has 180 valence electrons. The standard InChI is InChI=1S/C28H29N3O4/c1-17-12-20(23-14-29-25(13-18(23)2)35-16-28(3,4)27(32)33)8-11-22(17)26-30-15-24(31-26)19-6-9-21(34-5)10-7-19/h6-15H,16H2,1-5H3,(H,30,31)(H,32,33). The Kier molecular flexibility index (Phi) is 6.60. The number of aromatic amines is 1. The number of hydrogen-bond acceptors (Lipinski definition) is 5. The number of carboxylic acids is 1. The van der Waals surface area contributed by atoms with Gasteiger partial charge in [-0.05, 0) is 74.2 Å². The number of aryl methyl sites for hydroxylation is 2. The van der Waals surface area contributed by atoms with Crippen LogP contribution in [0.3, 0.4) is 0 Å². The first-order valence-electron chi connectivity index (χ1n) is 11.3. The topological polar surface area (TPSA) is 97.3 Å². The quantitative estimate of drug-likeness (QED) is 0.331. The van der Waals surface area contributed by atoms with Gasteiger partial charge in [0.25, 0.3) is 0 Å². The monoisotopic (exact) mass is 471 g/mol. The molecule has 0 atom stereocenters. The zero-order valence-electron chi connectivity index (χ0n) is 20.5. The molecule has 0 amide bonds. The molecule has 2 N–H and O–H groups in total. The number of hydrogen-bond donors (Lipinski definition) is 2. The second kappa shape index (κ2) is 9.62. The number of benzene rings is 2. The maximum absolute atomic E-state index is 11.3. The number of nitrogens with one attached hydrogen (secondary N) is 1. The van der Waals surface area contributed by atoms with Crippen LogP contribution in [0, 0.1) is 19.3 Å². The van der Waals surface area contributed by atoms with Crippen molar-refractivity contribution >= 4 is 5.97 Å². The van der Waals surface area contributed by atoms with E-state index in [0.29, 0.717) is 5.88 Å². The van der Waals surface area contributed by atoms with Gasteiger partial charge in [-0.1, -0.05) is 18.2 Å². The molecule has 0 spiro atoms. The Hall–Kier alpha value is -4.13. The number of rotatable bonds is 8. The van der Waals surface area contributed by atoms with Crippen LogP contribution in [0.15, 0.2) is 60.9 Å². The molecule has 0 radical (unpaired) electrons. The van der Waals surface area contributed by atoms with Crippen LogP contribution in [0.5, 0.6) is 11.6 Å². The van der Waals surface area contributed by atoms with Crippen LogP contribution in [0.2, 0.25) is 0 Å². The summed E-state index contributed by atoms with van der Waals surface area (Å²) in [4.78, 5) is 23.7. The highest BCUT2D eigenvalue weighted by molar-refractivity contribution is 5.74. The fourth-order valence-corrected chi connectivity index (χ4v) is 3.70. The van der Waals surface area contributed by atoms with Gasteiger partial charge in [-0.15, -0.1) is 0 Å². The number of pyridine rings is 1. The average molecular weight is 472 g/mol. The predicted molar refractivity (Wildman–Crippen MR) is 136 cm³/mol. The number of aromatic nitrogens is 3. The Morgan fingerprint density at radius 2 is 1.63 bits per heavy atom. The van der Waals surface area contributed by atoms with E-state index in [1.165, 1.54) is 0 Å². The number of H-pyrrole nitrogens is 1. The van der Waals surface area contributed by atoms with Crippen molar-refractivity contribution in [2.45, 2.75) is 27.7 Å². The molecule has 2 aromatic heterocycles. The number of nitrogens with zero attached hydrogens (tertiary/aromatic N) is 2. The summed E-state index contributed by atoms with van der Waals surface area (Å²) in [6.45, 7) is 7.34. The average Bonchev–Trinajstić information content (AvgIpc) is 3.33. The summed E-state index contributed by atoms with van der Waals surface area (Å²) in [6, 6.07) is 15.9. The van der Waals surface area contributed by atoms with Gasteiger partial charge in [0, 0.05) is 23.4 Å². The van der Waals surface area contributed by atoms with E-state index >= 15 is 0 Å². The number of aliphatic carboxylic acids is 1. The Balaban J connectivity index is 1.53. The molecular formula is C28H29N3O4. The SMILES string of the molecule is COc1ccc(-c2cnc(-c3ccc(-c4cnc(OCC(C)(C)C(=O)O)cc4C)cc3C)[nH]2)cc1. The predicted octanol–water partition coefficient (Wildman–Crippen LogP) is 5.92. The third-order valence-corrected chi connectivity index (χ3v) is 6.01. The van der Waals surface area contributed by atoms with E-state index in [2.05, 4.69) is 40.1 Å². The molecule has 7 heteroatoms. The molecule has 0 aliphatic heterocycles. The highest BCUT2D eigenvalue weighted by Crippen LogP contribution is 2.31. The van der Waals surface area contributed by atoms with Crippen LogP contribution < -0.4 is 9.47 Å². The van der Waals surface area contributed by atoms with Crippen molar-refractivity contribution in [3.63, 3.8) is 0 Å². The zero-order valence-corrected chi connectivity index (χ0v) is 20.5. The summed E-state index contributed by atoms with van der Waals surface area (Å²) in [7, 11) is 1.65. The fraction of sp³-hybridized carbons (Fsp3) is 0.250. The van der Waals surface area contributed by atoms with E-state index in [1.54, 1.807) is 27.2 Å². The van der Waals surface area contributed by atoms with Crippen LogP contribution in [0.25, 0.3) is 33.8 Å². The summed E-state index contributed by atoms with van der Waals surface area (Å²) in [5, 5.41) is 9.26. The van der Waals surface area contributed by atoms with Gasteiger partial charge in [0.2, 0.25) is 5.88 Å². The van der Waals surface area contributed by atoms with Crippen LogP contribution in [0.1, 0.15) is 25.0 Å². The zero-order chi connectivity index (χ0) is 25.2. The lowest BCUT2D eigenvalue weighted by atomic mass is 9.95. The van der Waals surface area contributed by atoms with Crippen molar-refractivity contribution in [2.75, 3.05) is 13.7 Å². The van der Waals surface area contributed by atoms with E-state index in [1.807, 2.05) is 43.5 Å². The van der Waals surface area contributed by atoms with Crippen molar-refractivity contribution in [3.05, 3.63) is 72.1 Å². The number of carboxylic acid groups (broad SMARTS) is 1. The molecule has 4 aromatic rings. The highest BCUT2D eigenvalue weighted by atomic mass is 16.5.